The van der Waals surface area contributed by atoms with Gasteiger partial charge in [0.25, 0.3) is 0 Å². The normalized spacial score (nSPS) is 15.4. The summed E-state index contributed by atoms with van der Waals surface area (Å²) in [5.74, 6) is 0. The average molecular weight is 636 g/mol. The largest absolute Gasteiger partial charge is 0.456 e. The van der Waals surface area contributed by atoms with Gasteiger partial charge in [0.15, 0.2) is 0 Å². The average Bonchev–Trinajstić information content (AvgIpc) is 3.66. The van der Waals surface area contributed by atoms with Crippen LogP contribution in [0.25, 0.3) is 98.8 Å². The summed E-state index contributed by atoms with van der Waals surface area (Å²) in [6.07, 6.45) is 0. The molecule has 0 unspecified atom stereocenters. The van der Waals surface area contributed by atoms with Crippen LogP contribution in [0.15, 0.2) is 186 Å². The molecule has 0 radical (unpaired) electrons. The predicted octanol–water partition coefficient (Wildman–Crippen LogP) is 13.7. The van der Waals surface area contributed by atoms with E-state index in [1.165, 1.54) is 0 Å². The van der Waals surface area contributed by atoms with Gasteiger partial charge in [0.2, 0.25) is 0 Å². The van der Waals surface area contributed by atoms with Gasteiger partial charge in [-0.25, -0.2) is 0 Å². The van der Waals surface area contributed by atoms with Gasteiger partial charge in [0.1, 0.15) is 11.2 Å². The van der Waals surface area contributed by atoms with Crippen LogP contribution in [-0.2, 0) is 0 Å². The Hall–Kier alpha value is -6.44. The third-order valence-corrected chi connectivity index (χ3v) is 9.21. The van der Waals surface area contributed by atoms with Crippen LogP contribution in [0.2, 0.25) is 0 Å². The van der Waals surface area contributed by atoms with Gasteiger partial charge in [0, 0.05) is 10.8 Å². The van der Waals surface area contributed by atoms with Gasteiger partial charge in [-0.2, -0.15) is 0 Å². The number of furan rings is 1. The smallest absolute Gasteiger partial charge is 0.136 e. The van der Waals surface area contributed by atoms with Crippen LogP contribution in [0.5, 0.6) is 0 Å². The van der Waals surface area contributed by atoms with E-state index in [0.29, 0.717) is 16.5 Å². The SMILES string of the molecule is [2H]c1c([2H])c([2H])c(-c2c3c([2H])c([2H])c([2H])c([2H])c3c(-c3ccc(-c4ccc5c(c4)oc4cc(-c6ccccc6)ccc45)c4ccccc34)c3c([2H])c([2H])c([2H])c([2H])c23)c([2H])c1[2H]. The first kappa shape index (κ1) is 17.6. The van der Waals surface area contributed by atoms with Crippen molar-refractivity contribution in [3.05, 3.63) is 182 Å². The Morgan fingerprint density at radius 1 is 0.327 bits per heavy atom. The number of hydrogen-bond acceptors (Lipinski definition) is 1. The number of rotatable bonds is 4. The maximum absolute atomic E-state index is 9.37. The van der Waals surface area contributed by atoms with Crippen molar-refractivity contribution in [2.24, 2.45) is 0 Å². The van der Waals surface area contributed by atoms with E-state index in [0.717, 1.165) is 44.0 Å². The number of hydrogen-bond donors (Lipinski definition) is 0. The molecule has 1 heteroatoms. The van der Waals surface area contributed by atoms with E-state index in [4.69, 9.17) is 16.8 Å². The molecule has 0 N–H and O–H groups in total. The maximum Gasteiger partial charge on any atom is 0.136 e. The summed E-state index contributed by atoms with van der Waals surface area (Å²) in [6.45, 7) is 0. The Bertz CT molecular complexity index is 3510. The number of benzene rings is 9. The van der Waals surface area contributed by atoms with Crippen molar-refractivity contribution < 1.29 is 22.2 Å². The minimum Gasteiger partial charge on any atom is -0.456 e. The second kappa shape index (κ2) is 11.1. The standard InChI is InChI=1S/C48H30O/c1-3-13-31(14-4-1)33-23-25-38-39-26-24-34(30-46(39)49-45(38)29-33)35-27-28-44(37-18-8-7-17-36(35)37)48-42-21-11-9-19-40(42)47(32-15-5-2-6-16-32)41-20-10-12-22-43(41)48/h1-30H/i2D,5D,6D,9D,10D,11D,12D,15D,16D,19D,20D,21D,22D. The van der Waals surface area contributed by atoms with Crippen molar-refractivity contribution in [2.45, 2.75) is 0 Å². The fourth-order valence-corrected chi connectivity index (χ4v) is 7.04. The molecule has 0 fully saturated rings. The summed E-state index contributed by atoms with van der Waals surface area (Å²) >= 11 is 0. The van der Waals surface area contributed by atoms with Gasteiger partial charge in [-0.3, -0.25) is 0 Å². The lowest BCUT2D eigenvalue weighted by atomic mass is 9.84. The molecule has 0 saturated heterocycles. The van der Waals surface area contributed by atoms with E-state index in [-0.39, 0.29) is 32.7 Å². The molecule has 0 atom stereocenters. The Morgan fingerprint density at radius 2 is 0.837 bits per heavy atom. The van der Waals surface area contributed by atoms with Gasteiger partial charge in [-0.15, -0.1) is 0 Å². The molecule has 1 heterocycles. The Labute approximate surface area is 302 Å². The van der Waals surface area contributed by atoms with Crippen LogP contribution in [0, 0.1) is 0 Å². The fourth-order valence-electron chi connectivity index (χ4n) is 7.04. The van der Waals surface area contributed by atoms with E-state index in [1.807, 2.05) is 78.9 Å². The minimum atomic E-state index is -0.715. The Kier molecular flexibility index (Phi) is 3.99. The highest BCUT2D eigenvalue weighted by Gasteiger charge is 2.19. The van der Waals surface area contributed by atoms with Crippen molar-refractivity contribution >= 4 is 54.3 Å². The third-order valence-electron chi connectivity index (χ3n) is 9.21. The molecule has 0 aliphatic carbocycles. The van der Waals surface area contributed by atoms with E-state index >= 15 is 0 Å². The van der Waals surface area contributed by atoms with Crippen LogP contribution >= 0.6 is 0 Å². The highest BCUT2D eigenvalue weighted by Crippen LogP contribution is 2.46. The molecule has 49 heavy (non-hydrogen) atoms. The second-order valence-corrected chi connectivity index (χ2v) is 11.8. The monoisotopic (exact) mass is 635 g/mol. The van der Waals surface area contributed by atoms with E-state index in [2.05, 4.69) is 12.1 Å². The first-order valence-electron chi connectivity index (χ1n) is 22.3. The maximum atomic E-state index is 9.37. The molecule has 0 bridgehead atoms. The fraction of sp³-hybridized carbons (Fsp3) is 0. The van der Waals surface area contributed by atoms with Crippen LogP contribution in [0.4, 0.5) is 0 Å². The molecule has 10 aromatic rings. The summed E-state index contributed by atoms with van der Waals surface area (Å²) in [5.41, 5.74) is 4.81. The molecule has 1 nitrogen and oxygen atoms in total. The molecular formula is C48H30O. The first-order chi connectivity index (χ1) is 29.7. The lowest BCUT2D eigenvalue weighted by Gasteiger charge is -2.19. The summed E-state index contributed by atoms with van der Waals surface area (Å²) in [4.78, 5) is 0. The molecule has 228 valence electrons. The van der Waals surface area contributed by atoms with Crippen LogP contribution in [-0.4, -0.2) is 0 Å². The molecule has 10 rings (SSSR count). The zero-order valence-electron chi connectivity index (χ0n) is 38.7. The minimum absolute atomic E-state index is 0.0785. The summed E-state index contributed by atoms with van der Waals surface area (Å²) in [6, 6.07) is 24.8. The Balaban J connectivity index is 1.30. The van der Waals surface area contributed by atoms with Crippen LogP contribution < -0.4 is 0 Å². The lowest BCUT2D eigenvalue weighted by Crippen LogP contribution is -1.92. The highest BCUT2D eigenvalue weighted by molar-refractivity contribution is 6.24. The van der Waals surface area contributed by atoms with Crippen molar-refractivity contribution in [1.29, 1.82) is 0 Å². The third kappa shape index (κ3) is 4.40. The van der Waals surface area contributed by atoms with Crippen molar-refractivity contribution in [2.75, 3.05) is 0 Å². The summed E-state index contributed by atoms with van der Waals surface area (Å²) < 4.78 is 122. The molecule has 0 spiro atoms. The predicted molar refractivity (Wildman–Crippen MR) is 208 cm³/mol. The van der Waals surface area contributed by atoms with Gasteiger partial charge in [0.05, 0.1) is 17.8 Å². The molecule has 0 aliphatic rings. The van der Waals surface area contributed by atoms with Crippen molar-refractivity contribution in [3.8, 4) is 44.5 Å². The molecule has 1 aromatic heterocycles. The lowest BCUT2D eigenvalue weighted by molar-refractivity contribution is 0.669. The molecular weight excluding hydrogens is 593 g/mol. The molecule has 0 saturated carbocycles. The van der Waals surface area contributed by atoms with E-state index < -0.39 is 84.1 Å². The Morgan fingerprint density at radius 3 is 1.49 bits per heavy atom. The topological polar surface area (TPSA) is 13.1 Å². The van der Waals surface area contributed by atoms with Crippen LogP contribution in [0.3, 0.4) is 0 Å². The van der Waals surface area contributed by atoms with Gasteiger partial charge < -0.3 is 4.42 Å². The second-order valence-electron chi connectivity index (χ2n) is 11.8. The molecule has 9 aromatic carbocycles. The molecule has 0 amide bonds. The van der Waals surface area contributed by atoms with E-state index in [1.54, 1.807) is 12.1 Å². The van der Waals surface area contributed by atoms with Gasteiger partial charge >= 0.3 is 0 Å². The zero-order chi connectivity index (χ0) is 43.6. The van der Waals surface area contributed by atoms with Gasteiger partial charge in [-0.05, 0) is 101 Å². The first-order valence-corrected chi connectivity index (χ1v) is 15.8. The molecule has 0 aliphatic heterocycles. The zero-order valence-corrected chi connectivity index (χ0v) is 25.7. The van der Waals surface area contributed by atoms with E-state index in [9.17, 15) is 5.48 Å². The van der Waals surface area contributed by atoms with Crippen molar-refractivity contribution in [1.82, 2.24) is 0 Å². The highest BCUT2D eigenvalue weighted by atomic mass is 16.3. The summed E-state index contributed by atoms with van der Waals surface area (Å²) in [5, 5.41) is 2.46. The van der Waals surface area contributed by atoms with Crippen LogP contribution in [0.1, 0.15) is 17.8 Å². The summed E-state index contributed by atoms with van der Waals surface area (Å²) in [7, 11) is 0. The van der Waals surface area contributed by atoms with Gasteiger partial charge in [-0.1, -0.05) is 157 Å². The quantitative estimate of drug-likeness (QED) is 0.175. The van der Waals surface area contributed by atoms with Crippen molar-refractivity contribution in [3.63, 3.8) is 0 Å². The number of fused-ring (bicyclic) bond motifs is 6.